The summed E-state index contributed by atoms with van der Waals surface area (Å²) in [4.78, 5) is 0.810. The van der Waals surface area contributed by atoms with Crippen molar-refractivity contribution >= 4 is 16.4 Å². The van der Waals surface area contributed by atoms with Gasteiger partial charge in [0.15, 0.2) is 0 Å². The maximum atomic E-state index is 12.2. The van der Waals surface area contributed by atoms with Crippen molar-refractivity contribution in [3.8, 4) is 5.75 Å². The first kappa shape index (κ1) is 13.6. The molecular formula is C16H16O2S. The van der Waals surface area contributed by atoms with Crippen LogP contribution in [0.15, 0.2) is 64.9 Å². The lowest BCUT2D eigenvalue weighted by Crippen LogP contribution is -1.89. The van der Waals surface area contributed by atoms with E-state index in [9.17, 15) is 4.21 Å². The van der Waals surface area contributed by atoms with Crippen molar-refractivity contribution in [3.05, 3.63) is 65.6 Å². The second-order valence-electron chi connectivity index (χ2n) is 4.14. The van der Waals surface area contributed by atoms with Crippen LogP contribution in [0.4, 0.5) is 0 Å². The van der Waals surface area contributed by atoms with Gasteiger partial charge in [0.05, 0.1) is 17.9 Å². The van der Waals surface area contributed by atoms with Gasteiger partial charge in [-0.05, 0) is 42.3 Å². The quantitative estimate of drug-likeness (QED) is 0.844. The molecular weight excluding hydrogens is 256 g/mol. The van der Waals surface area contributed by atoms with Crippen LogP contribution in [-0.4, -0.2) is 11.3 Å². The number of rotatable bonds is 4. The Kier molecular flexibility index (Phi) is 4.53. The van der Waals surface area contributed by atoms with Gasteiger partial charge in [-0.15, -0.1) is 0 Å². The van der Waals surface area contributed by atoms with Gasteiger partial charge < -0.3 is 4.74 Å². The predicted molar refractivity (Wildman–Crippen MR) is 79.5 cm³/mol. The minimum Gasteiger partial charge on any atom is -0.497 e. The third-order valence-corrected chi connectivity index (χ3v) is 4.09. The molecule has 0 bridgehead atoms. The van der Waals surface area contributed by atoms with Crippen molar-refractivity contribution in [2.75, 3.05) is 7.11 Å². The third kappa shape index (κ3) is 3.55. The molecule has 0 heterocycles. The fourth-order valence-corrected chi connectivity index (χ4v) is 2.74. The second kappa shape index (κ2) is 6.34. The van der Waals surface area contributed by atoms with E-state index in [4.69, 9.17) is 4.74 Å². The fourth-order valence-electron chi connectivity index (χ4n) is 1.72. The minimum atomic E-state index is -1.13. The van der Waals surface area contributed by atoms with E-state index in [1.165, 1.54) is 0 Å². The molecule has 0 amide bonds. The molecule has 0 saturated heterocycles. The van der Waals surface area contributed by atoms with E-state index < -0.39 is 10.8 Å². The molecule has 0 radical (unpaired) electrons. The molecule has 0 spiro atoms. The van der Waals surface area contributed by atoms with E-state index in [-0.39, 0.29) is 0 Å². The number of methoxy groups -OCH3 is 1. The number of benzene rings is 2. The van der Waals surface area contributed by atoms with Crippen LogP contribution in [0.3, 0.4) is 0 Å². The first-order chi connectivity index (χ1) is 9.20. The Bertz CT molecular complexity index is 603. The smallest absolute Gasteiger partial charge is 0.119 e. The van der Waals surface area contributed by atoms with Gasteiger partial charge in [0.25, 0.3) is 0 Å². The molecule has 2 aromatic rings. The van der Waals surface area contributed by atoms with Crippen LogP contribution in [-0.2, 0) is 10.8 Å². The normalized spacial score (nSPS) is 13.1. The maximum Gasteiger partial charge on any atom is 0.119 e. The van der Waals surface area contributed by atoms with E-state index in [1.807, 2.05) is 61.5 Å². The average molecular weight is 272 g/mol. The number of ether oxygens (including phenoxy) is 1. The molecule has 3 heteroatoms. The Balaban J connectivity index is 2.25. The van der Waals surface area contributed by atoms with Gasteiger partial charge in [-0.2, -0.15) is 0 Å². The molecule has 0 aromatic heterocycles. The summed E-state index contributed by atoms with van der Waals surface area (Å²) in [6.07, 6.45) is 0. The van der Waals surface area contributed by atoms with Gasteiger partial charge in [0.2, 0.25) is 0 Å². The minimum absolute atomic E-state index is 0.802. The Morgan fingerprint density at radius 2 is 1.84 bits per heavy atom. The molecule has 1 unspecified atom stereocenters. The summed E-state index contributed by atoms with van der Waals surface area (Å²) < 4.78 is 17.4. The molecule has 0 saturated carbocycles. The number of allylic oxidation sites excluding steroid dienone is 1. The van der Waals surface area contributed by atoms with Crippen LogP contribution in [0, 0.1) is 0 Å². The van der Waals surface area contributed by atoms with Crippen molar-refractivity contribution in [1.82, 2.24) is 0 Å². The number of hydrogen-bond acceptors (Lipinski definition) is 2. The summed E-state index contributed by atoms with van der Waals surface area (Å²) in [6.45, 7) is 1.95. The Morgan fingerprint density at radius 3 is 2.53 bits per heavy atom. The average Bonchev–Trinajstić information content (AvgIpc) is 2.48. The Morgan fingerprint density at radius 1 is 1.11 bits per heavy atom. The summed E-state index contributed by atoms with van der Waals surface area (Å²) in [6, 6.07) is 17.2. The lowest BCUT2D eigenvalue weighted by atomic mass is 10.1. The standard InChI is InChI=1S/C16H16O2S/c1-13(14-7-6-8-15(11-14)18-2)12-19(17)16-9-4-3-5-10-16/h3-12H,1-2H3/b13-12+. The van der Waals surface area contributed by atoms with Crippen LogP contribution >= 0.6 is 0 Å². The Hall–Kier alpha value is -1.87. The van der Waals surface area contributed by atoms with Crippen LogP contribution in [0.2, 0.25) is 0 Å². The highest BCUT2D eigenvalue weighted by Crippen LogP contribution is 2.21. The van der Waals surface area contributed by atoms with E-state index in [1.54, 1.807) is 12.5 Å². The van der Waals surface area contributed by atoms with Crippen molar-refractivity contribution in [3.63, 3.8) is 0 Å². The van der Waals surface area contributed by atoms with Crippen molar-refractivity contribution in [2.24, 2.45) is 0 Å². The zero-order chi connectivity index (χ0) is 13.7. The third-order valence-electron chi connectivity index (χ3n) is 2.78. The lowest BCUT2D eigenvalue weighted by molar-refractivity contribution is 0.414. The monoisotopic (exact) mass is 272 g/mol. The first-order valence-corrected chi connectivity index (χ1v) is 7.20. The highest BCUT2D eigenvalue weighted by atomic mass is 32.2. The van der Waals surface area contributed by atoms with Gasteiger partial charge in [-0.3, -0.25) is 0 Å². The summed E-state index contributed by atoms with van der Waals surface area (Å²) >= 11 is 0. The maximum absolute atomic E-state index is 12.2. The van der Waals surface area contributed by atoms with Gasteiger partial charge in [-0.1, -0.05) is 30.3 Å². The topological polar surface area (TPSA) is 26.3 Å². The molecule has 0 aliphatic rings. The van der Waals surface area contributed by atoms with Crippen molar-refractivity contribution in [2.45, 2.75) is 11.8 Å². The molecule has 19 heavy (non-hydrogen) atoms. The fraction of sp³-hybridized carbons (Fsp3) is 0.125. The summed E-state index contributed by atoms with van der Waals surface area (Å²) in [5, 5.41) is 1.77. The lowest BCUT2D eigenvalue weighted by Gasteiger charge is -2.05. The number of hydrogen-bond donors (Lipinski definition) is 0. The predicted octanol–water partition coefficient (Wildman–Crippen LogP) is 3.86. The zero-order valence-corrected chi connectivity index (χ0v) is 11.8. The summed E-state index contributed by atoms with van der Waals surface area (Å²) in [5.41, 5.74) is 1.99. The van der Waals surface area contributed by atoms with E-state index >= 15 is 0 Å². The molecule has 2 rings (SSSR count). The van der Waals surface area contributed by atoms with E-state index in [0.29, 0.717) is 0 Å². The molecule has 0 aliphatic heterocycles. The molecule has 1 atom stereocenters. The second-order valence-corrected chi connectivity index (χ2v) is 5.45. The molecule has 0 fully saturated rings. The SMILES string of the molecule is COc1cccc(/C(C)=C/S(=O)c2ccccc2)c1. The van der Waals surface area contributed by atoms with Crippen LogP contribution in [0.25, 0.3) is 5.57 Å². The summed E-state index contributed by atoms with van der Waals surface area (Å²) in [7, 11) is 0.514. The zero-order valence-electron chi connectivity index (χ0n) is 11.0. The molecule has 0 N–H and O–H groups in total. The Labute approximate surface area is 116 Å². The molecule has 2 aromatic carbocycles. The molecule has 2 nitrogen and oxygen atoms in total. The van der Waals surface area contributed by atoms with Crippen molar-refractivity contribution < 1.29 is 8.95 Å². The summed E-state index contributed by atoms with van der Waals surface area (Å²) in [5.74, 6) is 0.802. The van der Waals surface area contributed by atoms with E-state index in [2.05, 4.69) is 0 Å². The molecule has 98 valence electrons. The highest BCUT2D eigenvalue weighted by Gasteiger charge is 2.03. The largest absolute Gasteiger partial charge is 0.497 e. The first-order valence-electron chi connectivity index (χ1n) is 5.99. The van der Waals surface area contributed by atoms with Crippen LogP contribution < -0.4 is 4.74 Å². The van der Waals surface area contributed by atoms with Gasteiger partial charge in [0.1, 0.15) is 5.75 Å². The molecule has 0 aliphatic carbocycles. The van der Waals surface area contributed by atoms with E-state index in [0.717, 1.165) is 21.8 Å². The van der Waals surface area contributed by atoms with Crippen LogP contribution in [0.5, 0.6) is 5.75 Å². The van der Waals surface area contributed by atoms with Crippen molar-refractivity contribution in [1.29, 1.82) is 0 Å². The highest BCUT2D eigenvalue weighted by molar-refractivity contribution is 7.88. The van der Waals surface area contributed by atoms with Gasteiger partial charge >= 0.3 is 0 Å². The van der Waals surface area contributed by atoms with Crippen LogP contribution in [0.1, 0.15) is 12.5 Å². The van der Waals surface area contributed by atoms with Gasteiger partial charge in [0, 0.05) is 10.3 Å². The van der Waals surface area contributed by atoms with Gasteiger partial charge in [-0.25, -0.2) is 4.21 Å².